The molecule has 4 rings (SSSR count). The van der Waals surface area contributed by atoms with E-state index in [1.807, 2.05) is 66.7 Å². The molecule has 0 spiro atoms. The molecule has 0 heterocycles. The first-order valence-electron chi connectivity index (χ1n) is 8.40. The largest absolute Gasteiger partial charge is 0.507 e. The normalized spacial score (nSPS) is 11.1. The Balaban J connectivity index is 0.000000158. The highest BCUT2D eigenvalue weighted by molar-refractivity contribution is 7.91. The summed E-state index contributed by atoms with van der Waals surface area (Å²) in [6, 6.07) is 26.2. The quantitative estimate of drug-likeness (QED) is 0.533. The van der Waals surface area contributed by atoms with E-state index in [0.717, 1.165) is 21.5 Å². The SMILES string of the molecule is CCS(=O)(=O)c1cccc2ccccc12.Oc1cccc2ccccc12. The lowest BCUT2D eigenvalue weighted by molar-refractivity contribution is 0.481. The molecule has 0 aliphatic rings. The molecule has 26 heavy (non-hydrogen) atoms. The fraction of sp³-hybridized carbons (Fsp3) is 0.0909. The van der Waals surface area contributed by atoms with Gasteiger partial charge in [0, 0.05) is 10.8 Å². The molecule has 0 amide bonds. The van der Waals surface area contributed by atoms with Crippen molar-refractivity contribution in [3.8, 4) is 5.75 Å². The molecule has 0 fully saturated rings. The van der Waals surface area contributed by atoms with Crippen molar-refractivity contribution in [1.82, 2.24) is 0 Å². The maximum Gasteiger partial charge on any atom is 0.178 e. The highest BCUT2D eigenvalue weighted by atomic mass is 32.2. The predicted octanol–water partition coefficient (Wildman–Crippen LogP) is 5.18. The maximum absolute atomic E-state index is 11.8. The number of hydrogen-bond donors (Lipinski definition) is 1. The summed E-state index contributed by atoms with van der Waals surface area (Å²) in [5.74, 6) is 0.490. The molecule has 0 aliphatic heterocycles. The van der Waals surface area contributed by atoms with Crippen molar-refractivity contribution in [2.75, 3.05) is 5.75 Å². The van der Waals surface area contributed by atoms with E-state index in [-0.39, 0.29) is 5.75 Å². The second-order valence-corrected chi connectivity index (χ2v) is 8.13. The number of rotatable bonds is 2. The first-order valence-corrected chi connectivity index (χ1v) is 10.1. The van der Waals surface area contributed by atoms with Gasteiger partial charge in [0.1, 0.15) is 5.75 Å². The summed E-state index contributed by atoms with van der Waals surface area (Å²) in [7, 11) is -3.12. The summed E-state index contributed by atoms with van der Waals surface area (Å²) in [5, 5.41) is 13.1. The van der Waals surface area contributed by atoms with Crippen LogP contribution in [0, 0.1) is 0 Å². The highest BCUT2D eigenvalue weighted by Gasteiger charge is 2.14. The Labute approximate surface area is 153 Å². The first-order chi connectivity index (χ1) is 12.5. The van der Waals surface area contributed by atoms with Crippen molar-refractivity contribution in [2.45, 2.75) is 11.8 Å². The van der Waals surface area contributed by atoms with Crippen molar-refractivity contribution >= 4 is 31.4 Å². The molecule has 4 heteroatoms. The molecule has 4 aromatic rings. The Morgan fingerprint density at radius 2 is 1.19 bits per heavy atom. The minimum Gasteiger partial charge on any atom is -0.507 e. The molecule has 0 saturated heterocycles. The van der Waals surface area contributed by atoms with Gasteiger partial charge in [0.05, 0.1) is 10.6 Å². The first kappa shape index (κ1) is 18.0. The average Bonchev–Trinajstić information content (AvgIpc) is 2.68. The summed E-state index contributed by atoms with van der Waals surface area (Å²) in [6.45, 7) is 1.66. The zero-order valence-corrected chi connectivity index (χ0v) is 15.3. The molecule has 4 aromatic carbocycles. The zero-order chi connectivity index (χ0) is 18.6. The Hall–Kier alpha value is -2.85. The Bertz CT molecular complexity index is 1140. The molecule has 1 N–H and O–H groups in total. The number of phenolic OH excluding ortho intramolecular Hbond substituents is 1. The lowest BCUT2D eigenvalue weighted by atomic mass is 10.1. The molecule has 0 saturated carbocycles. The van der Waals surface area contributed by atoms with Crippen LogP contribution in [0.4, 0.5) is 0 Å². The van der Waals surface area contributed by atoms with Crippen LogP contribution in [-0.2, 0) is 9.84 Å². The molecule has 0 unspecified atom stereocenters. The van der Waals surface area contributed by atoms with Gasteiger partial charge in [-0.15, -0.1) is 0 Å². The van der Waals surface area contributed by atoms with Gasteiger partial charge in [0.2, 0.25) is 0 Å². The maximum atomic E-state index is 11.8. The van der Waals surface area contributed by atoms with E-state index in [2.05, 4.69) is 0 Å². The zero-order valence-electron chi connectivity index (χ0n) is 14.5. The van der Waals surface area contributed by atoms with Gasteiger partial charge in [0.25, 0.3) is 0 Å². The summed E-state index contributed by atoms with van der Waals surface area (Å²) < 4.78 is 23.6. The van der Waals surface area contributed by atoms with Crippen molar-refractivity contribution in [2.24, 2.45) is 0 Å². The smallest absolute Gasteiger partial charge is 0.178 e. The van der Waals surface area contributed by atoms with Gasteiger partial charge in [-0.3, -0.25) is 0 Å². The Morgan fingerprint density at radius 3 is 1.81 bits per heavy atom. The third kappa shape index (κ3) is 3.70. The van der Waals surface area contributed by atoms with Crippen molar-refractivity contribution < 1.29 is 13.5 Å². The van der Waals surface area contributed by atoms with Crippen molar-refractivity contribution in [3.63, 3.8) is 0 Å². The van der Waals surface area contributed by atoms with E-state index in [0.29, 0.717) is 10.6 Å². The third-order valence-electron chi connectivity index (χ3n) is 4.23. The number of benzene rings is 4. The van der Waals surface area contributed by atoms with Gasteiger partial charge in [0.15, 0.2) is 9.84 Å². The van der Waals surface area contributed by atoms with Crippen LogP contribution in [0.15, 0.2) is 89.8 Å². The van der Waals surface area contributed by atoms with Crippen molar-refractivity contribution in [3.05, 3.63) is 84.9 Å². The Morgan fingerprint density at radius 1 is 0.692 bits per heavy atom. The van der Waals surface area contributed by atoms with E-state index in [1.165, 1.54) is 0 Å². The molecule has 0 radical (unpaired) electrons. The van der Waals surface area contributed by atoms with Gasteiger partial charge in [-0.2, -0.15) is 0 Å². The second-order valence-electron chi connectivity index (χ2n) is 5.88. The Kier molecular flexibility index (Phi) is 5.24. The van der Waals surface area contributed by atoms with Gasteiger partial charge in [-0.05, 0) is 22.9 Å². The van der Waals surface area contributed by atoms with Crippen LogP contribution in [0.1, 0.15) is 6.92 Å². The number of hydrogen-bond acceptors (Lipinski definition) is 3. The predicted molar refractivity (Wildman–Crippen MR) is 107 cm³/mol. The molecule has 132 valence electrons. The standard InChI is InChI=1S/C12H12O2S.C10H8O/c1-2-15(13,14)12-9-5-7-10-6-3-4-8-11(10)12;11-10-7-3-5-8-4-1-2-6-9(8)10/h3-9H,2H2,1H3;1-7,11H. The molecule has 3 nitrogen and oxygen atoms in total. The van der Waals surface area contributed by atoms with Crippen LogP contribution >= 0.6 is 0 Å². The van der Waals surface area contributed by atoms with Crippen LogP contribution in [0.3, 0.4) is 0 Å². The van der Waals surface area contributed by atoms with Crippen LogP contribution in [0.5, 0.6) is 5.75 Å². The summed E-state index contributed by atoms with van der Waals surface area (Å²) in [6.07, 6.45) is 0. The molecule has 0 aromatic heterocycles. The van der Waals surface area contributed by atoms with E-state index < -0.39 is 9.84 Å². The van der Waals surface area contributed by atoms with E-state index in [1.54, 1.807) is 25.1 Å². The number of aromatic hydroxyl groups is 1. The van der Waals surface area contributed by atoms with Crippen LogP contribution in [0.2, 0.25) is 0 Å². The second kappa shape index (κ2) is 7.58. The summed E-state index contributed by atoms with van der Waals surface area (Å²) in [4.78, 5) is 0.433. The van der Waals surface area contributed by atoms with Gasteiger partial charge < -0.3 is 5.11 Å². The molecule has 0 aliphatic carbocycles. The minimum absolute atomic E-state index is 0.140. The molecular weight excluding hydrogens is 344 g/mol. The molecular formula is C22H20O3S. The molecule has 0 atom stereocenters. The molecule has 0 bridgehead atoms. The van der Waals surface area contributed by atoms with Gasteiger partial charge in [-0.1, -0.05) is 79.7 Å². The van der Waals surface area contributed by atoms with Crippen LogP contribution in [-0.4, -0.2) is 19.3 Å². The summed E-state index contributed by atoms with van der Waals surface area (Å²) >= 11 is 0. The monoisotopic (exact) mass is 364 g/mol. The lowest BCUT2D eigenvalue weighted by Crippen LogP contribution is -2.03. The fourth-order valence-electron chi connectivity index (χ4n) is 2.83. The lowest BCUT2D eigenvalue weighted by Gasteiger charge is -2.05. The highest BCUT2D eigenvalue weighted by Crippen LogP contribution is 2.24. The fourth-order valence-corrected chi connectivity index (χ4v) is 3.95. The number of fused-ring (bicyclic) bond motifs is 2. The van der Waals surface area contributed by atoms with E-state index >= 15 is 0 Å². The van der Waals surface area contributed by atoms with E-state index in [9.17, 15) is 13.5 Å². The summed E-state index contributed by atoms with van der Waals surface area (Å²) in [5.41, 5.74) is 0. The minimum atomic E-state index is -3.12. The van der Waals surface area contributed by atoms with Crippen molar-refractivity contribution in [1.29, 1.82) is 0 Å². The van der Waals surface area contributed by atoms with Gasteiger partial charge in [-0.25, -0.2) is 8.42 Å². The number of sulfone groups is 1. The topological polar surface area (TPSA) is 54.4 Å². The third-order valence-corrected chi connectivity index (χ3v) is 6.02. The average molecular weight is 364 g/mol. The van der Waals surface area contributed by atoms with Crippen LogP contribution in [0.25, 0.3) is 21.5 Å². The number of phenols is 1. The van der Waals surface area contributed by atoms with E-state index in [4.69, 9.17) is 0 Å². The van der Waals surface area contributed by atoms with Crippen LogP contribution < -0.4 is 0 Å². The van der Waals surface area contributed by atoms with Gasteiger partial charge >= 0.3 is 0 Å².